The van der Waals surface area contributed by atoms with Gasteiger partial charge in [0.05, 0.1) is 18.6 Å². The Kier molecular flexibility index (Phi) is 5.18. The number of benzene rings is 1. The quantitative estimate of drug-likeness (QED) is 0.436. The Hall–Kier alpha value is -3.39. The van der Waals surface area contributed by atoms with Crippen LogP contribution in [0.1, 0.15) is 15.9 Å². The average molecular weight is 451 g/mol. The summed E-state index contributed by atoms with van der Waals surface area (Å²) in [6.07, 6.45) is 4.68. The number of Topliss-reactive ketones (excluding diaryl/α,β-unsaturated/α-hetero) is 1. The zero-order valence-electron chi connectivity index (χ0n) is 15.2. The molecule has 8 heteroatoms. The molecule has 3 aromatic heterocycles. The fraction of sp³-hybridized carbons (Fsp3) is 0.0952. The lowest BCUT2D eigenvalue weighted by Crippen LogP contribution is -2.41. The molecule has 0 radical (unpaired) electrons. The number of nitrogens with zero attached hydrogens (tertiary/aromatic N) is 4. The van der Waals surface area contributed by atoms with Crippen LogP contribution in [0.25, 0.3) is 11.0 Å². The van der Waals surface area contributed by atoms with E-state index in [1.807, 2.05) is 0 Å². The maximum Gasteiger partial charge on any atom is 0.332 e. The molecule has 3 heterocycles. The van der Waals surface area contributed by atoms with Crippen LogP contribution in [0.3, 0.4) is 0 Å². The number of carbonyl (C=O) groups excluding carboxylic acids is 1. The molecule has 7 nitrogen and oxygen atoms in total. The van der Waals surface area contributed by atoms with Crippen LogP contribution in [-0.2, 0) is 13.1 Å². The van der Waals surface area contributed by atoms with Gasteiger partial charge < -0.3 is 0 Å². The number of ketones is 1. The Labute approximate surface area is 173 Å². The molecule has 0 atom stereocenters. The summed E-state index contributed by atoms with van der Waals surface area (Å²) in [4.78, 5) is 46.9. The van der Waals surface area contributed by atoms with Crippen molar-refractivity contribution in [3.05, 3.63) is 104 Å². The average Bonchev–Trinajstić information content (AvgIpc) is 2.75. The molecular formula is C21H15BrN4O3. The third-order valence-electron chi connectivity index (χ3n) is 4.54. The van der Waals surface area contributed by atoms with Crippen LogP contribution >= 0.6 is 15.9 Å². The molecule has 29 heavy (non-hydrogen) atoms. The van der Waals surface area contributed by atoms with Gasteiger partial charge in [-0.1, -0.05) is 28.1 Å². The van der Waals surface area contributed by atoms with Crippen molar-refractivity contribution in [2.45, 2.75) is 13.1 Å². The van der Waals surface area contributed by atoms with Gasteiger partial charge in [0.1, 0.15) is 0 Å². The van der Waals surface area contributed by atoms with Crippen molar-refractivity contribution in [3.63, 3.8) is 0 Å². The van der Waals surface area contributed by atoms with Crippen molar-refractivity contribution in [2.75, 3.05) is 0 Å². The Balaban J connectivity index is 1.84. The maximum atomic E-state index is 13.2. The highest BCUT2D eigenvalue weighted by molar-refractivity contribution is 9.10. The molecule has 0 aliphatic carbocycles. The lowest BCUT2D eigenvalue weighted by atomic mass is 10.1. The van der Waals surface area contributed by atoms with Crippen LogP contribution < -0.4 is 11.2 Å². The van der Waals surface area contributed by atoms with Crippen molar-refractivity contribution >= 4 is 32.7 Å². The molecule has 0 fully saturated rings. The van der Waals surface area contributed by atoms with Gasteiger partial charge >= 0.3 is 5.69 Å². The maximum absolute atomic E-state index is 13.2. The molecule has 0 saturated carbocycles. The largest absolute Gasteiger partial charge is 0.332 e. The third-order valence-corrected chi connectivity index (χ3v) is 5.07. The van der Waals surface area contributed by atoms with E-state index in [2.05, 4.69) is 25.9 Å². The SMILES string of the molecule is O=C(Cn1c(=O)n(Cc2ccncc2)c(=O)c2ncccc21)c1ccc(Br)cc1. The van der Waals surface area contributed by atoms with Crippen molar-refractivity contribution in [3.8, 4) is 0 Å². The van der Waals surface area contributed by atoms with Crippen molar-refractivity contribution < 1.29 is 4.79 Å². The number of halogens is 1. The van der Waals surface area contributed by atoms with Gasteiger partial charge in [-0.05, 0) is 42.0 Å². The number of rotatable bonds is 5. The zero-order chi connectivity index (χ0) is 20.4. The minimum absolute atomic E-state index is 0.0686. The fourth-order valence-corrected chi connectivity index (χ4v) is 3.34. The van der Waals surface area contributed by atoms with Gasteiger partial charge in [0, 0.05) is 28.6 Å². The summed E-state index contributed by atoms with van der Waals surface area (Å²) in [6, 6.07) is 13.6. The van der Waals surface area contributed by atoms with Crippen LogP contribution in [-0.4, -0.2) is 24.9 Å². The minimum atomic E-state index is -0.558. The lowest BCUT2D eigenvalue weighted by molar-refractivity contribution is 0.0971. The molecule has 4 aromatic rings. The predicted molar refractivity (Wildman–Crippen MR) is 112 cm³/mol. The Morgan fingerprint density at radius 3 is 2.38 bits per heavy atom. The number of hydrogen-bond donors (Lipinski definition) is 0. The van der Waals surface area contributed by atoms with E-state index in [0.29, 0.717) is 11.1 Å². The van der Waals surface area contributed by atoms with E-state index in [-0.39, 0.29) is 24.4 Å². The van der Waals surface area contributed by atoms with Crippen LogP contribution in [0.15, 0.2) is 81.2 Å². The number of fused-ring (bicyclic) bond motifs is 1. The molecule has 0 N–H and O–H groups in total. The second kappa shape index (κ2) is 7.92. The van der Waals surface area contributed by atoms with Gasteiger partial charge in [0.25, 0.3) is 5.56 Å². The molecule has 0 aliphatic heterocycles. The summed E-state index contributed by atoms with van der Waals surface area (Å²) in [7, 11) is 0. The van der Waals surface area contributed by atoms with E-state index >= 15 is 0 Å². The number of pyridine rings is 2. The fourth-order valence-electron chi connectivity index (χ4n) is 3.08. The molecule has 0 bridgehead atoms. The highest BCUT2D eigenvalue weighted by Crippen LogP contribution is 2.12. The highest BCUT2D eigenvalue weighted by atomic mass is 79.9. The van der Waals surface area contributed by atoms with Crippen LogP contribution in [0.5, 0.6) is 0 Å². The monoisotopic (exact) mass is 450 g/mol. The van der Waals surface area contributed by atoms with E-state index < -0.39 is 11.2 Å². The summed E-state index contributed by atoms with van der Waals surface area (Å²) in [5.41, 5.74) is 0.653. The van der Waals surface area contributed by atoms with Gasteiger partial charge in [-0.2, -0.15) is 0 Å². The topological polar surface area (TPSA) is 86.9 Å². The van der Waals surface area contributed by atoms with E-state index in [9.17, 15) is 14.4 Å². The molecular weight excluding hydrogens is 436 g/mol. The number of hydrogen-bond acceptors (Lipinski definition) is 5. The molecule has 0 spiro atoms. The minimum Gasteiger partial charge on any atom is -0.292 e. The first-order chi connectivity index (χ1) is 14.0. The first kappa shape index (κ1) is 18.9. The van der Waals surface area contributed by atoms with E-state index in [4.69, 9.17) is 0 Å². The van der Waals surface area contributed by atoms with E-state index in [1.54, 1.807) is 60.9 Å². The van der Waals surface area contributed by atoms with Crippen LogP contribution in [0.2, 0.25) is 0 Å². The van der Waals surface area contributed by atoms with Gasteiger partial charge in [0.2, 0.25) is 0 Å². The van der Waals surface area contributed by atoms with Crippen molar-refractivity contribution in [2.24, 2.45) is 0 Å². The lowest BCUT2D eigenvalue weighted by Gasteiger charge is -2.13. The molecule has 1 aromatic carbocycles. The van der Waals surface area contributed by atoms with Crippen LogP contribution in [0, 0.1) is 0 Å². The molecule has 0 amide bonds. The standard InChI is InChI=1S/C21H15BrN4O3/c22-16-5-3-15(4-6-16)18(27)13-25-17-2-1-9-24-19(17)20(28)26(21(25)29)12-14-7-10-23-11-8-14/h1-11H,12-13H2. The van der Waals surface area contributed by atoms with Gasteiger partial charge in [-0.25, -0.2) is 9.78 Å². The van der Waals surface area contributed by atoms with Crippen molar-refractivity contribution in [1.29, 1.82) is 0 Å². The molecule has 0 saturated heterocycles. The Bertz CT molecular complexity index is 1310. The second-order valence-electron chi connectivity index (χ2n) is 6.42. The summed E-state index contributed by atoms with van der Waals surface area (Å²) >= 11 is 3.34. The first-order valence-corrected chi connectivity index (χ1v) is 9.60. The van der Waals surface area contributed by atoms with Crippen LogP contribution in [0.4, 0.5) is 0 Å². The Morgan fingerprint density at radius 1 is 0.931 bits per heavy atom. The zero-order valence-corrected chi connectivity index (χ0v) is 16.7. The molecule has 0 aliphatic rings. The predicted octanol–water partition coefficient (Wildman–Crippen LogP) is 2.65. The normalized spacial score (nSPS) is 10.9. The third kappa shape index (κ3) is 3.79. The van der Waals surface area contributed by atoms with Gasteiger partial charge in [0.15, 0.2) is 11.3 Å². The molecule has 144 valence electrons. The van der Waals surface area contributed by atoms with E-state index in [0.717, 1.165) is 14.6 Å². The summed E-state index contributed by atoms with van der Waals surface area (Å²) in [5, 5.41) is 0. The summed E-state index contributed by atoms with van der Waals surface area (Å²) in [6.45, 7) is -0.127. The summed E-state index contributed by atoms with van der Waals surface area (Å²) < 4.78 is 3.25. The van der Waals surface area contributed by atoms with E-state index in [1.165, 1.54) is 10.8 Å². The van der Waals surface area contributed by atoms with Gasteiger partial charge in [-0.15, -0.1) is 0 Å². The first-order valence-electron chi connectivity index (χ1n) is 8.80. The molecule has 4 rings (SSSR count). The Morgan fingerprint density at radius 2 is 1.66 bits per heavy atom. The highest BCUT2D eigenvalue weighted by Gasteiger charge is 2.17. The second-order valence-corrected chi connectivity index (χ2v) is 7.33. The number of carbonyl (C=O) groups is 1. The summed E-state index contributed by atoms with van der Waals surface area (Å²) in [5.74, 6) is -0.237. The van der Waals surface area contributed by atoms with Gasteiger partial charge in [-0.3, -0.25) is 23.7 Å². The smallest absolute Gasteiger partial charge is 0.292 e. The van der Waals surface area contributed by atoms with Crippen molar-refractivity contribution in [1.82, 2.24) is 19.1 Å². The number of aromatic nitrogens is 4. The molecule has 0 unspecified atom stereocenters.